The van der Waals surface area contributed by atoms with Gasteiger partial charge in [-0.3, -0.25) is 0 Å². The maximum atomic E-state index is 12.9. The molecule has 23 heteroatoms. The van der Waals surface area contributed by atoms with E-state index in [1.807, 2.05) is 0 Å². The van der Waals surface area contributed by atoms with E-state index in [4.69, 9.17) is 14.9 Å². The SMILES string of the molecule is CI1NC1C(C)(I)C(=O)OCC(C)(COC(=O)C(O)(C(F)(F)F)C(F)(F)F)COC(=O)C(O)(C(F)(F)F)C(F)(F)F. The molecular formula is C18H19F12I2NO8. The molecule has 1 fully saturated rings. The van der Waals surface area contributed by atoms with Gasteiger partial charge >= 0.3 is 243 Å². The number of hydrogen-bond donors (Lipinski definition) is 3. The van der Waals surface area contributed by atoms with Gasteiger partial charge in [-0.1, -0.05) is 0 Å². The molecule has 242 valence electrons. The molecule has 1 rings (SSSR count). The van der Waals surface area contributed by atoms with Crippen LogP contribution in [0.25, 0.3) is 0 Å². The van der Waals surface area contributed by atoms with Gasteiger partial charge in [0.25, 0.3) is 0 Å². The first-order chi connectivity index (χ1) is 17.9. The van der Waals surface area contributed by atoms with Crippen LogP contribution in [0.4, 0.5) is 52.7 Å². The molecule has 2 atom stereocenters. The Labute approximate surface area is 242 Å². The number of halogens is 14. The molecule has 0 aliphatic carbocycles. The zero-order chi connectivity index (χ0) is 32.8. The van der Waals surface area contributed by atoms with E-state index >= 15 is 0 Å². The van der Waals surface area contributed by atoms with Crippen molar-refractivity contribution in [2.75, 3.05) is 24.8 Å². The summed E-state index contributed by atoms with van der Waals surface area (Å²) < 4.78 is 169. The van der Waals surface area contributed by atoms with Crippen LogP contribution in [0.2, 0.25) is 0 Å². The Morgan fingerprint density at radius 3 is 1.15 bits per heavy atom. The van der Waals surface area contributed by atoms with E-state index in [1.54, 1.807) is 27.5 Å². The van der Waals surface area contributed by atoms with Crippen LogP contribution < -0.4 is 3.53 Å². The Morgan fingerprint density at radius 1 is 0.683 bits per heavy atom. The molecule has 1 aliphatic rings. The summed E-state index contributed by atoms with van der Waals surface area (Å²) in [4.78, 5) is 37.7. The third-order valence-electron chi connectivity index (χ3n) is 5.31. The van der Waals surface area contributed by atoms with Crippen LogP contribution in [0.15, 0.2) is 0 Å². The number of alkyl halides is 15. The Hall–Kier alpha value is -1.09. The molecule has 1 saturated heterocycles. The molecule has 0 radical (unpaired) electrons. The third-order valence-corrected chi connectivity index (χ3v) is 11.9. The molecule has 0 aromatic carbocycles. The summed E-state index contributed by atoms with van der Waals surface area (Å²) >= 11 is -0.154. The summed E-state index contributed by atoms with van der Waals surface area (Å²) in [7, 11) is 0. The van der Waals surface area contributed by atoms with Gasteiger partial charge in [-0.15, -0.1) is 0 Å². The summed E-state index contributed by atoms with van der Waals surface area (Å²) in [6.07, 6.45) is -26.9. The van der Waals surface area contributed by atoms with E-state index in [2.05, 4.69) is 13.0 Å². The topological polar surface area (TPSA) is 141 Å². The number of carbonyl (C=O) groups is 3. The second kappa shape index (κ2) is 11.8. The van der Waals surface area contributed by atoms with Crippen LogP contribution in [0.5, 0.6) is 0 Å². The number of hydrogen-bond acceptors (Lipinski definition) is 9. The number of aliphatic hydroxyl groups is 2. The minimum atomic E-state index is -6.73. The second-order valence-corrected chi connectivity index (χ2v) is 16.1. The average Bonchev–Trinajstić information content (AvgIpc) is 3.52. The fourth-order valence-electron chi connectivity index (χ4n) is 2.62. The Kier molecular flexibility index (Phi) is 10.9. The molecule has 41 heavy (non-hydrogen) atoms. The van der Waals surface area contributed by atoms with Crippen molar-refractivity contribution in [2.24, 2.45) is 5.41 Å². The number of ether oxygens (including phenoxy) is 3. The van der Waals surface area contributed by atoms with Crippen molar-refractivity contribution >= 4 is 60.6 Å². The Bertz CT molecular complexity index is 930. The number of carbonyl (C=O) groups excluding carboxylic acids is 3. The third kappa shape index (κ3) is 7.71. The first-order valence-corrected chi connectivity index (χ1v) is 15.7. The predicted molar refractivity (Wildman–Crippen MR) is 124 cm³/mol. The van der Waals surface area contributed by atoms with Crippen LogP contribution in [0.3, 0.4) is 0 Å². The molecule has 0 aromatic rings. The summed E-state index contributed by atoms with van der Waals surface area (Å²) in [6, 6.07) is 0. The van der Waals surface area contributed by atoms with E-state index in [1.165, 1.54) is 6.92 Å². The van der Waals surface area contributed by atoms with Crippen molar-refractivity contribution in [3.8, 4) is 0 Å². The minimum absolute atomic E-state index is 0.385. The van der Waals surface area contributed by atoms with Crippen molar-refractivity contribution in [3.05, 3.63) is 0 Å². The van der Waals surface area contributed by atoms with E-state index in [-0.39, 0.29) is 4.05 Å². The quantitative estimate of drug-likeness (QED) is 0.0441. The zero-order valence-corrected chi connectivity index (χ0v) is 24.6. The maximum absolute atomic E-state index is 12.9. The molecule has 0 amide bonds. The van der Waals surface area contributed by atoms with Crippen molar-refractivity contribution in [3.63, 3.8) is 0 Å². The molecular weight excluding hydrogens is 840 g/mol. The van der Waals surface area contributed by atoms with Gasteiger partial charge in [0.2, 0.25) is 0 Å². The number of rotatable bonds is 10. The van der Waals surface area contributed by atoms with Crippen LogP contribution >= 0.6 is 42.7 Å². The first kappa shape index (κ1) is 37.9. The monoisotopic (exact) mass is 859 g/mol. The normalized spacial score (nSPS) is 19.8. The molecule has 1 aliphatic heterocycles. The van der Waals surface area contributed by atoms with E-state index in [9.17, 15) is 67.1 Å². The van der Waals surface area contributed by atoms with Gasteiger partial charge < -0.3 is 0 Å². The molecule has 0 saturated carbocycles. The van der Waals surface area contributed by atoms with E-state index in [0.717, 1.165) is 0 Å². The molecule has 0 aromatic heterocycles. The molecule has 0 bridgehead atoms. The van der Waals surface area contributed by atoms with Crippen LogP contribution in [0, 0.1) is 5.41 Å². The fourth-order valence-corrected chi connectivity index (χ4v) is 10.8. The van der Waals surface area contributed by atoms with Gasteiger partial charge in [-0.05, 0) is 0 Å². The zero-order valence-electron chi connectivity index (χ0n) is 20.3. The summed E-state index contributed by atoms with van der Waals surface area (Å²) in [5, 5.41) is 18.2. The summed E-state index contributed by atoms with van der Waals surface area (Å²) in [5.74, 6) is -7.99. The van der Waals surface area contributed by atoms with E-state index < -0.39 is 103 Å². The first-order valence-electron chi connectivity index (χ1n) is 10.2. The standard InChI is InChI=1S/C18H19F12I2NO8/c1-11(4-39-8(34)12(2,31)7-32(3)33-7,5-40-9(35)13(37,15(19,20)21)16(22,23)24)6-41-10(36)14(38,17(25,26)27)18(28,29)30/h7,33,37-38H,4-6H2,1-3H3. The van der Waals surface area contributed by atoms with Crippen LogP contribution in [-0.2, 0) is 28.6 Å². The number of esters is 3. The van der Waals surface area contributed by atoms with Crippen LogP contribution in [-0.4, -0.2) is 96.2 Å². The van der Waals surface area contributed by atoms with Gasteiger partial charge in [0.15, 0.2) is 0 Å². The van der Waals surface area contributed by atoms with Gasteiger partial charge in [0.05, 0.1) is 0 Å². The summed E-state index contributed by atoms with van der Waals surface area (Å²) in [5.41, 5.74) is -14.9. The second-order valence-electron chi connectivity index (χ2n) is 9.01. The van der Waals surface area contributed by atoms with Crippen molar-refractivity contribution < 1.29 is 91.5 Å². The molecule has 0 spiro atoms. The molecule has 9 nitrogen and oxygen atoms in total. The van der Waals surface area contributed by atoms with Gasteiger partial charge in [-0.25, -0.2) is 0 Å². The fraction of sp³-hybridized carbons (Fsp3) is 0.833. The molecule has 2 unspecified atom stereocenters. The predicted octanol–water partition coefficient (Wildman–Crippen LogP) is 3.51. The Balaban J connectivity index is 3.31. The van der Waals surface area contributed by atoms with Crippen molar-refractivity contribution in [1.29, 1.82) is 0 Å². The average molecular weight is 859 g/mol. The molecule has 1 heterocycles. The van der Waals surface area contributed by atoms with Gasteiger partial charge in [0.1, 0.15) is 0 Å². The van der Waals surface area contributed by atoms with Gasteiger partial charge in [0, 0.05) is 0 Å². The van der Waals surface area contributed by atoms with E-state index in [0.29, 0.717) is 6.92 Å². The molecule has 3 N–H and O–H groups in total. The summed E-state index contributed by atoms with van der Waals surface area (Å²) in [6.45, 7) is -3.17. The van der Waals surface area contributed by atoms with Crippen LogP contribution in [0.1, 0.15) is 13.8 Å². The Morgan fingerprint density at radius 2 is 0.927 bits per heavy atom. The van der Waals surface area contributed by atoms with Gasteiger partial charge in [-0.2, -0.15) is 0 Å². The number of nitrogens with one attached hydrogen (secondary N) is 1. The van der Waals surface area contributed by atoms with Crippen molar-refractivity contribution in [2.45, 2.75) is 57.2 Å². The van der Waals surface area contributed by atoms with Crippen molar-refractivity contribution in [1.82, 2.24) is 3.53 Å².